The lowest BCUT2D eigenvalue weighted by molar-refractivity contribution is -0.133. The van der Waals surface area contributed by atoms with Crippen molar-refractivity contribution in [2.75, 3.05) is 6.26 Å². The Morgan fingerprint density at radius 1 is 1.27 bits per heavy atom. The van der Waals surface area contributed by atoms with Crippen LogP contribution in [0.25, 0.3) is 0 Å². The van der Waals surface area contributed by atoms with E-state index in [9.17, 15) is 13.2 Å². The topological polar surface area (TPSA) is 60.4 Å². The van der Waals surface area contributed by atoms with Gasteiger partial charge in [-0.2, -0.15) is 8.42 Å². The van der Waals surface area contributed by atoms with Gasteiger partial charge < -0.3 is 4.18 Å². The minimum absolute atomic E-state index is 0.0666. The van der Waals surface area contributed by atoms with Gasteiger partial charge in [0.2, 0.25) is 0 Å². The summed E-state index contributed by atoms with van der Waals surface area (Å²) in [5.74, 6) is -0.721. The molecule has 5 heteroatoms. The molecule has 0 N–H and O–H groups in total. The van der Waals surface area contributed by atoms with Crippen molar-refractivity contribution < 1.29 is 17.4 Å². The van der Waals surface area contributed by atoms with Crippen molar-refractivity contribution in [2.45, 2.75) is 12.8 Å². The molecule has 0 saturated heterocycles. The van der Waals surface area contributed by atoms with Crippen LogP contribution in [0.5, 0.6) is 0 Å². The van der Waals surface area contributed by atoms with Crippen LogP contribution in [0, 0.1) is 0 Å². The Hall–Kier alpha value is -1.36. The van der Waals surface area contributed by atoms with Gasteiger partial charge in [-0.05, 0) is 12.0 Å². The van der Waals surface area contributed by atoms with E-state index in [1.54, 1.807) is 0 Å². The molecule has 1 aromatic rings. The lowest BCUT2D eigenvalue weighted by Gasteiger charge is -2.01. The van der Waals surface area contributed by atoms with E-state index in [4.69, 9.17) is 0 Å². The highest BCUT2D eigenvalue weighted by atomic mass is 32.2. The third kappa shape index (κ3) is 5.17. The van der Waals surface area contributed by atoms with Crippen LogP contribution in [-0.2, 0) is 25.5 Å². The number of carbonyl (C=O) groups is 1. The first kappa shape index (κ1) is 11.7. The third-order valence-electron chi connectivity index (χ3n) is 1.70. The van der Waals surface area contributed by atoms with Crippen LogP contribution >= 0.6 is 0 Å². The van der Waals surface area contributed by atoms with Gasteiger partial charge in [-0.3, -0.25) is 4.79 Å². The monoisotopic (exact) mass is 228 g/mol. The Morgan fingerprint density at radius 2 is 1.87 bits per heavy atom. The van der Waals surface area contributed by atoms with Crippen LogP contribution in [0.15, 0.2) is 30.3 Å². The van der Waals surface area contributed by atoms with E-state index in [-0.39, 0.29) is 6.42 Å². The summed E-state index contributed by atoms with van der Waals surface area (Å²) >= 11 is 0. The third-order valence-corrected chi connectivity index (χ3v) is 2.19. The van der Waals surface area contributed by atoms with E-state index in [2.05, 4.69) is 4.18 Å². The van der Waals surface area contributed by atoms with Gasteiger partial charge in [-0.15, -0.1) is 0 Å². The standard InChI is InChI=1S/C10H12O4S/c1-15(12,13)14-10(11)8-7-9-5-3-2-4-6-9/h2-6H,7-8H2,1H3. The fourth-order valence-electron chi connectivity index (χ4n) is 1.10. The zero-order valence-electron chi connectivity index (χ0n) is 8.34. The van der Waals surface area contributed by atoms with Crippen molar-refractivity contribution in [2.24, 2.45) is 0 Å². The summed E-state index contributed by atoms with van der Waals surface area (Å²) in [4.78, 5) is 11.0. The summed E-state index contributed by atoms with van der Waals surface area (Å²) in [5, 5.41) is 0. The SMILES string of the molecule is CS(=O)(=O)OC(=O)CCc1ccccc1. The predicted octanol–water partition coefficient (Wildman–Crippen LogP) is 1.12. The second-order valence-corrected chi connectivity index (χ2v) is 4.72. The lowest BCUT2D eigenvalue weighted by Crippen LogP contribution is -2.11. The smallest absolute Gasteiger partial charge is 0.322 e. The second kappa shape index (κ2) is 4.93. The van der Waals surface area contributed by atoms with Crippen LogP contribution in [-0.4, -0.2) is 20.6 Å². The van der Waals surface area contributed by atoms with Crippen LogP contribution in [0.2, 0.25) is 0 Å². The normalized spacial score (nSPS) is 11.0. The van der Waals surface area contributed by atoms with Crippen molar-refractivity contribution in [1.29, 1.82) is 0 Å². The molecule has 0 atom stereocenters. The second-order valence-electron chi connectivity index (χ2n) is 3.15. The van der Waals surface area contributed by atoms with E-state index in [0.717, 1.165) is 11.8 Å². The summed E-state index contributed by atoms with van der Waals surface area (Å²) in [6.07, 6.45) is 1.40. The van der Waals surface area contributed by atoms with Crippen LogP contribution < -0.4 is 0 Å². The van der Waals surface area contributed by atoms with Crippen molar-refractivity contribution in [3.05, 3.63) is 35.9 Å². The number of rotatable bonds is 4. The first-order valence-electron chi connectivity index (χ1n) is 4.43. The first-order valence-corrected chi connectivity index (χ1v) is 6.25. The quantitative estimate of drug-likeness (QED) is 0.724. The number of benzene rings is 1. The molecule has 15 heavy (non-hydrogen) atoms. The van der Waals surface area contributed by atoms with Crippen LogP contribution in [0.3, 0.4) is 0 Å². The number of hydrogen-bond acceptors (Lipinski definition) is 4. The molecule has 1 rings (SSSR count). The molecule has 4 nitrogen and oxygen atoms in total. The highest BCUT2D eigenvalue weighted by molar-refractivity contribution is 7.86. The average Bonchev–Trinajstić information content (AvgIpc) is 2.14. The summed E-state index contributed by atoms with van der Waals surface area (Å²) in [6.45, 7) is 0. The fraction of sp³-hybridized carbons (Fsp3) is 0.300. The summed E-state index contributed by atoms with van der Waals surface area (Å²) in [6, 6.07) is 9.33. The predicted molar refractivity (Wildman–Crippen MR) is 55.7 cm³/mol. The molecule has 0 spiro atoms. The van der Waals surface area contributed by atoms with Gasteiger partial charge in [0, 0.05) is 0 Å². The maximum absolute atomic E-state index is 11.0. The Labute approximate surface area is 89.0 Å². The van der Waals surface area contributed by atoms with Crippen LogP contribution in [0.4, 0.5) is 0 Å². The Kier molecular flexibility index (Phi) is 3.85. The maximum atomic E-state index is 11.0. The molecule has 0 aliphatic carbocycles. The van der Waals surface area contributed by atoms with Gasteiger partial charge in [-0.25, -0.2) is 0 Å². The maximum Gasteiger partial charge on any atom is 0.322 e. The van der Waals surface area contributed by atoms with E-state index >= 15 is 0 Å². The Balaban J connectivity index is 2.42. The summed E-state index contributed by atoms with van der Waals surface area (Å²) in [7, 11) is -3.68. The molecule has 0 bridgehead atoms. The van der Waals surface area contributed by atoms with Crippen molar-refractivity contribution >= 4 is 16.1 Å². The Bertz CT molecular complexity index is 422. The van der Waals surface area contributed by atoms with Gasteiger partial charge in [0.1, 0.15) is 0 Å². The summed E-state index contributed by atoms with van der Waals surface area (Å²) < 4.78 is 25.4. The van der Waals surface area contributed by atoms with Crippen molar-refractivity contribution in [1.82, 2.24) is 0 Å². The zero-order chi connectivity index (χ0) is 11.3. The van der Waals surface area contributed by atoms with E-state index < -0.39 is 16.1 Å². The molecular weight excluding hydrogens is 216 g/mol. The number of carbonyl (C=O) groups excluding carboxylic acids is 1. The molecular formula is C10H12O4S. The largest absolute Gasteiger partial charge is 0.346 e. The van der Waals surface area contributed by atoms with Crippen molar-refractivity contribution in [3.63, 3.8) is 0 Å². The molecule has 1 aromatic carbocycles. The molecule has 0 fully saturated rings. The lowest BCUT2D eigenvalue weighted by atomic mass is 10.1. The highest BCUT2D eigenvalue weighted by Gasteiger charge is 2.10. The molecule has 0 aliphatic heterocycles. The van der Waals surface area contributed by atoms with Gasteiger partial charge >= 0.3 is 16.1 Å². The molecule has 0 aliphatic rings. The average molecular weight is 228 g/mol. The molecule has 0 saturated carbocycles. The highest BCUT2D eigenvalue weighted by Crippen LogP contribution is 2.04. The van der Waals surface area contributed by atoms with Crippen molar-refractivity contribution in [3.8, 4) is 0 Å². The van der Waals surface area contributed by atoms with Gasteiger partial charge in [0.15, 0.2) is 0 Å². The Morgan fingerprint density at radius 3 is 2.40 bits per heavy atom. The molecule has 0 aromatic heterocycles. The van der Waals surface area contributed by atoms with E-state index in [0.29, 0.717) is 6.42 Å². The number of hydrogen-bond donors (Lipinski definition) is 0. The van der Waals surface area contributed by atoms with Gasteiger partial charge in [-0.1, -0.05) is 30.3 Å². The number of aryl methyl sites for hydroxylation is 1. The minimum Gasteiger partial charge on any atom is -0.346 e. The molecule has 0 radical (unpaired) electrons. The van der Waals surface area contributed by atoms with E-state index in [1.807, 2.05) is 30.3 Å². The van der Waals surface area contributed by atoms with E-state index in [1.165, 1.54) is 0 Å². The van der Waals surface area contributed by atoms with Crippen LogP contribution in [0.1, 0.15) is 12.0 Å². The summed E-state index contributed by atoms with van der Waals surface area (Å²) in [5.41, 5.74) is 0.975. The molecule has 0 heterocycles. The molecule has 0 unspecified atom stereocenters. The zero-order valence-corrected chi connectivity index (χ0v) is 9.16. The minimum atomic E-state index is -3.68. The van der Waals surface area contributed by atoms with Gasteiger partial charge in [0.25, 0.3) is 0 Å². The molecule has 82 valence electrons. The molecule has 0 amide bonds. The first-order chi connectivity index (χ1) is 6.97. The fourth-order valence-corrected chi connectivity index (χ4v) is 1.52. The van der Waals surface area contributed by atoms with Gasteiger partial charge in [0.05, 0.1) is 12.7 Å².